The van der Waals surface area contributed by atoms with E-state index in [1.807, 2.05) is 0 Å². The van der Waals surface area contributed by atoms with Crippen molar-refractivity contribution >= 4 is 16.1 Å². The van der Waals surface area contributed by atoms with Gasteiger partial charge in [-0.15, -0.1) is 0 Å². The number of aldehydes is 1. The molecule has 1 aromatic rings. The van der Waals surface area contributed by atoms with Crippen molar-refractivity contribution < 1.29 is 13.2 Å². The zero-order valence-electron chi connectivity index (χ0n) is 11.9. The van der Waals surface area contributed by atoms with Gasteiger partial charge in [0.15, 0.2) is 16.1 Å². The van der Waals surface area contributed by atoms with E-state index >= 15 is 0 Å². The van der Waals surface area contributed by atoms with Crippen molar-refractivity contribution in [2.45, 2.75) is 51.5 Å². The Morgan fingerprint density at radius 3 is 2.65 bits per heavy atom. The van der Waals surface area contributed by atoms with Gasteiger partial charge in [0, 0.05) is 17.9 Å². The third kappa shape index (κ3) is 3.69. The number of carbonyl (C=O) groups excluding carboxylic acids is 1. The first-order valence-corrected chi connectivity index (χ1v) is 9.11. The van der Waals surface area contributed by atoms with Gasteiger partial charge in [-0.2, -0.15) is 5.10 Å². The summed E-state index contributed by atoms with van der Waals surface area (Å²) in [5.41, 5.74) is 1.47. The molecule has 1 aliphatic carbocycles. The maximum atomic E-state index is 11.5. The van der Waals surface area contributed by atoms with E-state index in [2.05, 4.69) is 5.10 Å². The van der Waals surface area contributed by atoms with Crippen LogP contribution < -0.4 is 0 Å². The summed E-state index contributed by atoms with van der Waals surface area (Å²) < 4.78 is 24.7. The first-order valence-electron chi connectivity index (χ1n) is 7.28. The number of carbonyl (C=O) groups is 1. The van der Waals surface area contributed by atoms with E-state index in [4.69, 9.17) is 0 Å². The van der Waals surface area contributed by atoms with Crippen LogP contribution in [0.15, 0.2) is 6.20 Å². The molecule has 2 rings (SSSR count). The molecule has 0 radical (unpaired) electrons. The number of hydrogen-bond donors (Lipinski definition) is 0. The summed E-state index contributed by atoms with van der Waals surface area (Å²) in [5, 5.41) is 4.46. The predicted octanol–water partition coefficient (Wildman–Crippen LogP) is 2.18. The highest BCUT2D eigenvalue weighted by atomic mass is 32.2. The molecular weight excluding hydrogens is 276 g/mol. The average Bonchev–Trinajstić information content (AvgIpc) is 2.90. The largest absolute Gasteiger partial charge is 0.298 e. The third-order valence-corrected chi connectivity index (χ3v) is 5.69. The van der Waals surface area contributed by atoms with E-state index in [0.717, 1.165) is 24.8 Å². The van der Waals surface area contributed by atoms with Crippen molar-refractivity contribution in [2.24, 2.45) is 0 Å². The molecule has 0 atom stereocenters. The molecule has 1 heterocycles. The smallest absolute Gasteiger partial charge is 0.153 e. The number of nitrogens with zero attached hydrogens (tertiary/aromatic N) is 2. The van der Waals surface area contributed by atoms with Gasteiger partial charge in [-0.05, 0) is 12.8 Å². The number of aryl methyl sites for hydroxylation is 1. The predicted molar refractivity (Wildman–Crippen MR) is 77.8 cm³/mol. The molecule has 0 unspecified atom stereocenters. The van der Waals surface area contributed by atoms with Crippen molar-refractivity contribution in [1.29, 1.82) is 0 Å². The molecular formula is C14H22N2O3S. The Balaban J connectivity index is 2.12. The molecule has 20 heavy (non-hydrogen) atoms. The minimum absolute atomic E-state index is 0.0770. The lowest BCUT2D eigenvalue weighted by molar-refractivity contribution is 0.112. The summed E-state index contributed by atoms with van der Waals surface area (Å²) >= 11 is 0. The molecule has 0 aliphatic heterocycles. The van der Waals surface area contributed by atoms with E-state index in [9.17, 15) is 13.2 Å². The molecule has 1 aliphatic rings. The van der Waals surface area contributed by atoms with Gasteiger partial charge in [-0.1, -0.05) is 26.2 Å². The van der Waals surface area contributed by atoms with Gasteiger partial charge in [0.1, 0.15) is 0 Å². The normalized spacial score (nSPS) is 17.2. The highest BCUT2D eigenvalue weighted by molar-refractivity contribution is 7.91. The van der Waals surface area contributed by atoms with E-state index in [1.54, 1.807) is 17.8 Å². The fraction of sp³-hybridized carbons (Fsp3) is 0.714. The second kappa shape index (κ2) is 6.52. The van der Waals surface area contributed by atoms with E-state index in [0.29, 0.717) is 18.0 Å². The van der Waals surface area contributed by atoms with Gasteiger partial charge < -0.3 is 0 Å². The Morgan fingerprint density at radius 2 is 2.05 bits per heavy atom. The highest BCUT2D eigenvalue weighted by Crippen LogP contribution is 2.33. The lowest BCUT2D eigenvalue weighted by Crippen LogP contribution is -2.15. The summed E-state index contributed by atoms with van der Waals surface area (Å²) in [6.45, 7) is 1.96. The van der Waals surface area contributed by atoms with Crippen LogP contribution in [0.3, 0.4) is 0 Å². The van der Waals surface area contributed by atoms with Gasteiger partial charge >= 0.3 is 0 Å². The maximum absolute atomic E-state index is 11.5. The quantitative estimate of drug-likeness (QED) is 0.755. The summed E-state index contributed by atoms with van der Waals surface area (Å²) in [6.07, 6.45) is 8.28. The van der Waals surface area contributed by atoms with Gasteiger partial charge in [-0.3, -0.25) is 9.48 Å². The van der Waals surface area contributed by atoms with Crippen molar-refractivity contribution in [3.05, 3.63) is 17.5 Å². The van der Waals surface area contributed by atoms with Crippen LogP contribution in [-0.4, -0.2) is 36.0 Å². The molecule has 6 heteroatoms. The average molecular weight is 298 g/mol. The number of aromatic nitrogens is 2. The third-order valence-electron chi connectivity index (χ3n) is 4.01. The summed E-state index contributed by atoms with van der Waals surface area (Å²) in [4.78, 5) is 11.2. The fourth-order valence-corrected chi connectivity index (χ4v) is 3.48. The van der Waals surface area contributed by atoms with Gasteiger partial charge in [0.25, 0.3) is 0 Å². The summed E-state index contributed by atoms with van der Waals surface area (Å²) in [5.74, 6) is 0.575. The van der Waals surface area contributed by atoms with Crippen LogP contribution >= 0.6 is 0 Å². The molecule has 0 saturated heterocycles. The van der Waals surface area contributed by atoms with E-state index in [1.165, 1.54) is 19.3 Å². The standard InChI is InChI=1S/C14H22N2O3S/c1-2-20(18,19)9-8-16-10-13(11-17)14(15-16)12-6-4-3-5-7-12/h10-12H,2-9H2,1H3. The number of rotatable bonds is 6. The maximum Gasteiger partial charge on any atom is 0.153 e. The minimum atomic E-state index is -3.00. The molecule has 0 bridgehead atoms. The molecule has 112 valence electrons. The Hall–Kier alpha value is -1.17. The minimum Gasteiger partial charge on any atom is -0.298 e. The van der Waals surface area contributed by atoms with Crippen LogP contribution in [0.1, 0.15) is 61.0 Å². The topological polar surface area (TPSA) is 69.0 Å². The second-order valence-electron chi connectivity index (χ2n) is 5.42. The second-order valence-corrected chi connectivity index (χ2v) is 7.89. The van der Waals surface area contributed by atoms with Crippen LogP contribution in [-0.2, 0) is 16.4 Å². The van der Waals surface area contributed by atoms with Crippen LogP contribution in [0, 0.1) is 0 Å². The van der Waals surface area contributed by atoms with E-state index in [-0.39, 0.29) is 11.5 Å². The number of sulfone groups is 1. The molecule has 0 N–H and O–H groups in total. The Kier molecular flexibility index (Phi) is 4.96. The Bertz CT molecular complexity index is 557. The van der Waals surface area contributed by atoms with Crippen LogP contribution in [0.2, 0.25) is 0 Å². The lowest BCUT2D eigenvalue weighted by atomic mass is 9.86. The lowest BCUT2D eigenvalue weighted by Gasteiger charge is -2.20. The summed E-state index contributed by atoms with van der Waals surface area (Å²) in [7, 11) is -3.00. The molecule has 0 amide bonds. The molecule has 1 fully saturated rings. The van der Waals surface area contributed by atoms with Gasteiger partial charge in [0.2, 0.25) is 0 Å². The van der Waals surface area contributed by atoms with Crippen LogP contribution in [0.25, 0.3) is 0 Å². The Labute approximate surface area is 120 Å². The highest BCUT2D eigenvalue weighted by Gasteiger charge is 2.22. The zero-order chi connectivity index (χ0) is 14.6. The SMILES string of the molecule is CCS(=O)(=O)CCn1cc(C=O)c(C2CCCCC2)n1. The molecule has 1 aromatic heterocycles. The van der Waals surface area contributed by atoms with Crippen LogP contribution in [0.4, 0.5) is 0 Å². The molecule has 5 nitrogen and oxygen atoms in total. The molecule has 0 spiro atoms. The van der Waals surface area contributed by atoms with Gasteiger partial charge in [-0.25, -0.2) is 8.42 Å². The van der Waals surface area contributed by atoms with Crippen molar-refractivity contribution in [1.82, 2.24) is 9.78 Å². The first-order chi connectivity index (χ1) is 9.55. The number of hydrogen-bond acceptors (Lipinski definition) is 4. The molecule has 0 aromatic carbocycles. The first kappa shape index (κ1) is 15.2. The zero-order valence-corrected chi connectivity index (χ0v) is 12.7. The fourth-order valence-electron chi connectivity index (χ4n) is 2.73. The van der Waals surface area contributed by atoms with Crippen molar-refractivity contribution in [2.75, 3.05) is 11.5 Å². The monoisotopic (exact) mass is 298 g/mol. The summed E-state index contributed by atoms with van der Waals surface area (Å²) in [6, 6.07) is 0. The van der Waals surface area contributed by atoms with Crippen molar-refractivity contribution in [3.63, 3.8) is 0 Å². The Morgan fingerprint density at radius 1 is 1.35 bits per heavy atom. The van der Waals surface area contributed by atoms with Crippen LogP contribution in [0.5, 0.6) is 0 Å². The van der Waals surface area contributed by atoms with E-state index < -0.39 is 9.84 Å². The molecule has 1 saturated carbocycles. The van der Waals surface area contributed by atoms with Crippen molar-refractivity contribution in [3.8, 4) is 0 Å². The van der Waals surface area contributed by atoms with Gasteiger partial charge in [0.05, 0.1) is 23.6 Å².